The van der Waals surface area contributed by atoms with Crippen molar-refractivity contribution in [3.05, 3.63) is 70.5 Å². The molecule has 4 aromatic rings. The van der Waals surface area contributed by atoms with Crippen LogP contribution in [-0.4, -0.2) is 29.0 Å². The van der Waals surface area contributed by atoms with E-state index in [1.165, 1.54) is 0 Å². The molecule has 2 aromatic heterocycles. The predicted molar refractivity (Wildman–Crippen MR) is 108 cm³/mol. The number of nitrogens with one attached hydrogen (secondary N) is 3. The highest BCUT2D eigenvalue weighted by Crippen LogP contribution is 2.24. The molecule has 0 spiro atoms. The summed E-state index contributed by atoms with van der Waals surface area (Å²) in [5, 5.41) is 4.69. The molecule has 0 aliphatic carbocycles. The van der Waals surface area contributed by atoms with E-state index in [4.69, 9.17) is 5.73 Å². The van der Waals surface area contributed by atoms with E-state index in [1.807, 2.05) is 36.4 Å². The average molecular weight is 360 g/mol. The van der Waals surface area contributed by atoms with Crippen molar-refractivity contribution in [1.29, 1.82) is 0 Å². The van der Waals surface area contributed by atoms with Crippen molar-refractivity contribution in [3.8, 4) is 11.3 Å². The summed E-state index contributed by atoms with van der Waals surface area (Å²) in [4.78, 5) is 31.0. The zero-order chi connectivity index (χ0) is 18.8. The van der Waals surface area contributed by atoms with Gasteiger partial charge in [-0.05, 0) is 54.8 Å². The number of aromatic nitrogens is 2. The third-order valence-electron chi connectivity index (χ3n) is 4.59. The molecule has 2 heterocycles. The molecule has 0 aliphatic heterocycles. The summed E-state index contributed by atoms with van der Waals surface area (Å²) in [5.41, 5.74) is 8.79. The second-order valence-electron chi connectivity index (χ2n) is 6.48. The van der Waals surface area contributed by atoms with Gasteiger partial charge < -0.3 is 21.0 Å². The van der Waals surface area contributed by atoms with Crippen LogP contribution in [-0.2, 0) is 0 Å². The maximum atomic E-state index is 12.5. The van der Waals surface area contributed by atoms with E-state index in [2.05, 4.69) is 15.3 Å². The van der Waals surface area contributed by atoms with Gasteiger partial charge in [-0.2, -0.15) is 0 Å². The normalized spacial score (nSPS) is 11.1. The molecule has 1 amide bonds. The first-order valence-electron chi connectivity index (χ1n) is 8.89. The fourth-order valence-corrected chi connectivity index (χ4v) is 3.17. The molecule has 27 heavy (non-hydrogen) atoms. The number of fused-ring (bicyclic) bond motifs is 2. The number of para-hydroxylation sites is 1. The highest BCUT2D eigenvalue weighted by atomic mass is 16.1. The van der Waals surface area contributed by atoms with Gasteiger partial charge in [0.1, 0.15) is 0 Å². The molecule has 0 aliphatic rings. The SMILES string of the molecule is NCCCNC(=O)c1ccc2[nH]c(=O)c(-c3cc4ccccc4[nH]3)cc2c1. The minimum absolute atomic E-state index is 0.149. The first-order chi connectivity index (χ1) is 13.2. The first kappa shape index (κ1) is 17.1. The molecule has 0 saturated carbocycles. The van der Waals surface area contributed by atoms with Gasteiger partial charge in [0.2, 0.25) is 0 Å². The largest absolute Gasteiger partial charge is 0.354 e. The molecule has 2 aromatic carbocycles. The smallest absolute Gasteiger partial charge is 0.257 e. The molecular formula is C21H20N4O2. The molecule has 6 nitrogen and oxygen atoms in total. The van der Waals surface area contributed by atoms with Gasteiger partial charge in [-0.15, -0.1) is 0 Å². The number of pyridine rings is 1. The number of rotatable bonds is 5. The number of benzene rings is 2. The Morgan fingerprint density at radius 2 is 1.78 bits per heavy atom. The van der Waals surface area contributed by atoms with Crippen LogP contribution in [0.15, 0.2) is 59.4 Å². The lowest BCUT2D eigenvalue weighted by molar-refractivity contribution is 0.0953. The highest BCUT2D eigenvalue weighted by molar-refractivity contribution is 5.98. The maximum Gasteiger partial charge on any atom is 0.257 e. The number of amides is 1. The van der Waals surface area contributed by atoms with E-state index in [0.29, 0.717) is 29.7 Å². The Morgan fingerprint density at radius 3 is 2.59 bits per heavy atom. The first-order valence-corrected chi connectivity index (χ1v) is 8.89. The highest BCUT2D eigenvalue weighted by Gasteiger charge is 2.11. The Labute approximate surface area is 155 Å². The molecule has 0 fully saturated rings. The van der Waals surface area contributed by atoms with Gasteiger partial charge in [0.15, 0.2) is 0 Å². The van der Waals surface area contributed by atoms with Crippen LogP contribution in [0.5, 0.6) is 0 Å². The molecule has 0 radical (unpaired) electrons. The van der Waals surface area contributed by atoms with Crippen LogP contribution in [0.4, 0.5) is 0 Å². The Kier molecular flexibility index (Phi) is 4.48. The van der Waals surface area contributed by atoms with E-state index in [-0.39, 0.29) is 11.5 Å². The van der Waals surface area contributed by atoms with Crippen molar-refractivity contribution in [2.24, 2.45) is 5.73 Å². The van der Waals surface area contributed by atoms with Gasteiger partial charge >= 0.3 is 0 Å². The van der Waals surface area contributed by atoms with Gasteiger partial charge in [-0.3, -0.25) is 9.59 Å². The van der Waals surface area contributed by atoms with Crippen molar-refractivity contribution in [1.82, 2.24) is 15.3 Å². The second-order valence-corrected chi connectivity index (χ2v) is 6.48. The minimum Gasteiger partial charge on any atom is -0.354 e. The summed E-state index contributed by atoms with van der Waals surface area (Å²) in [6, 6.07) is 16.9. The van der Waals surface area contributed by atoms with Crippen LogP contribution in [0.3, 0.4) is 0 Å². The molecule has 0 bridgehead atoms. The summed E-state index contributed by atoms with van der Waals surface area (Å²) in [7, 11) is 0. The lowest BCUT2D eigenvalue weighted by atomic mass is 10.1. The third kappa shape index (κ3) is 3.35. The standard InChI is InChI=1S/C21H20N4O2/c22-8-3-9-23-20(26)14-6-7-18-15(10-14)11-16(21(27)25-18)19-12-13-4-1-2-5-17(13)24-19/h1-2,4-7,10-12,24H,3,8-9,22H2,(H,23,26)(H,25,27). The fraction of sp³-hybridized carbons (Fsp3) is 0.143. The predicted octanol–water partition coefficient (Wildman–Crippen LogP) is 2.75. The number of hydrogen-bond acceptors (Lipinski definition) is 3. The summed E-state index contributed by atoms with van der Waals surface area (Å²) in [6.07, 6.45) is 0.733. The monoisotopic (exact) mass is 360 g/mol. The topological polar surface area (TPSA) is 104 Å². The third-order valence-corrected chi connectivity index (χ3v) is 4.59. The van der Waals surface area contributed by atoms with Gasteiger partial charge in [-0.25, -0.2) is 0 Å². The number of H-pyrrole nitrogens is 2. The molecule has 136 valence electrons. The van der Waals surface area contributed by atoms with E-state index in [0.717, 1.165) is 28.4 Å². The molecule has 0 unspecified atom stereocenters. The second kappa shape index (κ2) is 7.09. The van der Waals surface area contributed by atoms with Crippen molar-refractivity contribution >= 4 is 27.7 Å². The van der Waals surface area contributed by atoms with Gasteiger partial charge in [0.25, 0.3) is 11.5 Å². The quantitative estimate of drug-likeness (QED) is 0.411. The van der Waals surface area contributed by atoms with Crippen LogP contribution in [0.2, 0.25) is 0 Å². The number of nitrogens with two attached hydrogens (primary N) is 1. The lowest BCUT2D eigenvalue weighted by Crippen LogP contribution is -2.25. The Balaban J connectivity index is 1.74. The van der Waals surface area contributed by atoms with Gasteiger partial charge in [0.05, 0.1) is 11.3 Å². The molecule has 0 atom stereocenters. The zero-order valence-corrected chi connectivity index (χ0v) is 14.7. The Bertz CT molecular complexity index is 1160. The summed E-state index contributed by atoms with van der Waals surface area (Å²) in [5.74, 6) is -0.149. The van der Waals surface area contributed by atoms with Crippen molar-refractivity contribution in [2.75, 3.05) is 13.1 Å². The van der Waals surface area contributed by atoms with Gasteiger partial charge in [-0.1, -0.05) is 18.2 Å². The summed E-state index contributed by atoms with van der Waals surface area (Å²) >= 11 is 0. The minimum atomic E-state index is -0.172. The van der Waals surface area contributed by atoms with Crippen molar-refractivity contribution in [2.45, 2.75) is 6.42 Å². The molecule has 5 N–H and O–H groups in total. The van der Waals surface area contributed by atoms with Crippen molar-refractivity contribution < 1.29 is 4.79 Å². The fourth-order valence-electron chi connectivity index (χ4n) is 3.17. The number of carbonyl (C=O) groups is 1. The molecule has 4 rings (SSSR count). The van der Waals surface area contributed by atoms with Crippen LogP contribution < -0.4 is 16.6 Å². The molecule has 6 heteroatoms. The lowest BCUT2D eigenvalue weighted by Gasteiger charge is -2.07. The number of aromatic amines is 2. The number of hydrogen-bond donors (Lipinski definition) is 4. The van der Waals surface area contributed by atoms with E-state index in [1.54, 1.807) is 18.2 Å². The maximum absolute atomic E-state index is 12.5. The van der Waals surface area contributed by atoms with Crippen molar-refractivity contribution in [3.63, 3.8) is 0 Å². The van der Waals surface area contributed by atoms with E-state index < -0.39 is 0 Å². The van der Waals surface area contributed by atoms with E-state index in [9.17, 15) is 9.59 Å². The van der Waals surface area contributed by atoms with E-state index >= 15 is 0 Å². The van der Waals surface area contributed by atoms with Crippen LogP contribution in [0, 0.1) is 0 Å². The number of carbonyl (C=O) groups excluding carboxylic acids is 1. The van der Waals surface area contributed by atoms with Crippen LogP contribution in [0.1, 0.15) is 16.8 Å². The van der Waals surface area contributed by atoms with Crippen LogP contribution in [0.25, 0.3) is 33.1 Å². The van der Waals surface area contributed by atoms with Crippen LogP contribution >= 0.6 is 0 Å². The molecular weight excluding hydrogens is 340 g/mol. The van der Waals surface area contributed by atoms with Gasteiger partial charge in [0, 0.05) is 28.5 Å². The Hall–Kier alpha value is -3.38. The summed E-state index contributed by atoms with van der Waals surface area (Å²) < 4.78 is 0. The average Bonchev–Trinajstić information content (AvgIpc) is 3.11. The Morgan fingerprint density at radius 1 is 0.963 bits per heavy atom. The molecule has 0 saturated heterocycles. The summed E-state index contributed by atoms with van der Waals surface area (Å²) in [6.45, 7) is 1.08. The zero-order valence-electron chi connectivity index (χ0n) is 14.7.